The molecule has 0 unspecified atom stereocenters. The summed E-state index contributed by atoms with van der Waals surface area (Å²) in [7, 11) is 0. The van der Waals surface area contributed by atoms with Crippen molar-refractivity contribution >= 4 is 17.6 Å². The number of nitrogens with one attached hydrogen (secondary N) is 1. The largest absolute Gasteiger partial charge is 0.355 e. The quantitative estimate of drug-likeness (QED) is 0.605. The highest BCUT2D eigenvalue weighted by atomic mass is 16.2. The predicted octanol–water partition coefficient (Wildman–Crippen LogP) is 2.76. The fourth-order valence-corrected chi connectivity index (χ4v) is 3.86. The van der Waals surface area contributed by atoms with Crippen molar-refractivity contribution in [2.45, 2.75) is 46.0 Å². The average molecular weight is 385 g/mol. The minimum Gasteiger partial charge on any atom is -0.355 e. The highest BCUT2D eigenvalue weighted by molar-refractivity contribution is 6.04. The number of carbonyl (C=O) groups excluding carboxylic acids is 2. The third-order valence-corrected chi connectivity index (χ3v) is 5.76. The van der Waals surface area contributed by atoms with Gasteiger partial charge in [0.25, 0.3) is 0 Å². The van der Waals surface area contributed by atoms with Gasteiger partial charge >= 0.3 is 0 Å². The number of hydrogen-bond acceptors (Lipinski definition) is 4. The summed E-state index contributed by atoms with van der Waals surface area (Å²) in [5, 5.41) is 2.98. The summed E-state index contributed by atoms with van der Waals surface area (Å²) < 4.78 is 0. The Balaban J connectivity index is 1.48. The molecule has 0 radical (unpaired) electrons. The van der Waals surface area contributed by atoms with Crippen LogP contribution in [-0.2, 0) is 9.59 Å². The Morgan fingerprint density at radius 2 is 1.93 bits per heavy atom. The zero-order valence-corrected chi connectivity index (χ0v) is 17.1. The van der Waals surface area contributed by atoms with E-state index < -0.39 is 5.41 Å². The molecule has 2 aliphatic rings. The van der Waals surface area contributed by atoms with E-state index in [0.29, 0.717) is 19.6 Å². The van der Waals surface area contributed by atoms with Gasteiger partial charge in [-0.15, -0.1) is 0 Å². The summed E-state index contributed by atoms with van der Waals surface area (Å²) in [5.41, 5.74) is 0.384. The summed E-state index contributed by atoms with van der Waals surface area (Å²) in [4.78, 5) is 34.0. The Morgan fingerprint density at radius 1 is 1.14 bits per heavy atom. The SMILES string of the molecule is CC(C)(C(=O)NCCC1=CCCCC1)C(=O)N1CCN(c2ccccn2)CC1. The molecule has 1 aliphatic heterocycles. The monoisotopic (exact) mass is 384 g/mol. The number of anilines is 1. The van der Waals surface area contributed by atoms with Gasteiger partial charge in [-0.25, -0.2) is 4.98 Å². The van der Waals surface area contributed by atoms with Crippen LogP contribution in [0.15, 0.2) is 36.0 Å². The molecule has 0 saturated carbocycles. The van der Waals surface area contributed by atoms with E-state index in [2.05, 4.69) is 21.3 Å². The molecule has 1 aromatic heterocycles. The Hall–Kier alpha value is -2.37. The molecule has 1 aromatic rings. The van der Waals surface area contributed by atoms with Gasteiger partial charge in [0.2, 0.25) is 11.8 Å². The first-order valence-electron chi connectivity index (χ1n) is 10.4. The molecule has 2 amide bonds. The van der Waals surface area contributed by atoms with Crippen molar-refractivity contribution < 1.29 is 9.59 Å². The van der Waals surface area contributed by atoms with Crippen LogP contribution in [0.2, 0.25) is 0 Å². The van der Waals surface area contributed by atoms with E-state index in [1.165, 1.54) is 18.4 Å². The van der Waals surface area contributed by atoms with Gasteiger partial charge in [0.1, 0.15) is 11.2 Å². The van der Waals surface area contributed by atoms with E-state index >= 15 is 0 Å². The summed E-state index contributed by atoms with van der Waals surface area (Å²) in [6, 6.07) is 5.85. The molecule has 1 saturated heterocycles. The van der Waals surface area contributed by atoms with Crippen LogP contribution in [0.4, 0.5) is 5.82 Å². The predicted molar refractivity (Wildman–Crippen MR) is 111 cm³/mol. The molecule has 2 heterocycles. The van der Waals surface area contributed by atoms with Crippen LogP contribution in [0.25, 0.3) is 0 Å². The summed E-state index contributed by atoms with van der Waals surface area (Å²) >= 11 is 0. The van der Waals surface area contributed by atoms with Gasteiger partial charge in [-0.05, 0) is 58.1 Å². The molecule has 1 N–H and O–H groups in total. The molecule has 28 heavy (non-hydrogen) atoms. The first-order valence-corrected chi connectivity index (χ1v) is 10.4. The second kappa shape index (κ2) is 9.22. The lowest BCUT2D eigenvalue weighted by atomic mass is 9.89. The number of hydrogen-bond donors (Lipinski definition) is 1. The first kappa shape index (κ1) is 20.4. The number of carbonyl (C=O) groups is 2. The number of aromatic nitrogens is 1. The minimum absolute atomic E-state index is 0.0949. The van der Waals surface area contributed by atoms with E-state index in [4.69, 9.17) is 0 Å². The van der Waals surface area contributed by atoms with Crippen LogP contribution in [0, 0.1) is 5.41 Å². The van der Waals surface area contributed by atoms with Crippen molar-refractivity contribution in [3.63, 3.8) is 0 Å². The molecule has 3 rings (SSSR count). The number of piperazine rings is 1. The fraction of sp³-hybridized carbons (Fsp3) is 0.591. The molecule has 0 aromatic carbocycles. The second-order valence-corrected chi connectivity index (χ2v) is 8.21. The van der Waals surface area contributed by atoms with E-state index in [1.807, 2.05) is 23.1 Å². The number of rotatable bonds is 6. The Labute approximate surface area is 168 Å². The topological polar surface area (TPSA) is 65.5 Å². The number of nitrogens with zero attached hydrogens (tertiary/aromatic N) is 3. The second-order valence-electron chi connectivity index (χ2n) is 8.21. The van der Waals surface area contributed by atoms with Crippen LogP contribution in [0.3, 0.4) is 0 Å². The van der Waals surface area contributed by atoms with Gasteiger partial charge in [0.05, 0.1) is 0 Å². The summed E-state index contributed by atoms with van der Waals surface area (Å²) in [6.07, 6.45) is 9.77. The van der Waals surface area contributed by atoms with Crippen LogP contribution in [-0.4, -0.2) is 54.4 Å². The minimum atomic E-state index is -1.05. The molecule has 0 atom stereocenters. The van der Waals surface area contributed by atoms with Crippen molar-refractivity contribution in [3.8, 4) is 0 Å². The smallest absolute Gasteiger partial charge is 0.237 e. The van der Waals surface area contributed by atoms with E-state index in [1.54, 1.807) is 20.0 Å². The van der Waals surface area contributed by atoms with E-state index in [-0.39, 0.29) is 11.8 Å². The van der Waals surface area contributed by atoms with Crippen molar-refractivity contribution in [3.05, 3.63) is 36.0 Å². The normalized spacial score (nSPS) is 17.9. The van der Waals surface area contributed by atoms with Crippen LogP contribution < -0.4 is 10.2 Å². The van der Waals surface area contributed by atoms with Crippen LogP contribution >= 0.6 is 0 Å². The number of amides is 2. The molecule has 0 bridgehead atoms. The Morgan fingerprint density at radius 3 is 2.57 bits per heavy atom. The lowest BCUT2D eigenvalue weighted by Crippen LogP contribution is -2.55. The summed E-state index contributed by atoms with van der Waals surface area (Å²) in [5.74, 6) is 0.659. The number of pyridine rings is 1. The highest BCUT2D eigenvalue weighted by Gasteiger charge is 2.39. The van der Waals surface area contributed by atoms with Crippen molar-refractivity contribution in [2.75, 3.05) is 37.6 Å². The third-order valence-electron chi connectivity index (χ3n) is 5.76. The lowest BCUT2D eigenvalue weighted by Gasteiger charge is -2.38. The zero-order valence-electron chi connectivity index (χ0n) is 17.1. The molecular formula is C22H32N4O2. The highest BCUT2D eigenvalue weighted by Crippen LogP contribution is 2.23. The standard InChI is InChI=1S/C22H32N4O2/c1-22(2,20(27)24-13-11-18-8-4-3-5-9-18)21(28)26-16-14-25(15-17-26)19-10-6-7-12-23-19/h6-8,10,12H,3-5,9,11,13-17H2,1-2H3,(H,24,27). The van der Waals surface area contributed by atoms with Gasteiger partial charge in [0.15, 0.2) is 0 Å². The molecule has 6 heteroatoms. The molecule has 1 aliphatic carbocycles. The van der Waals surface area contributed by atoms with Crippen molar-refractivity contribution in [1.29, 1.82) is 0 Å². The van der Waals surface area contributed by atoms with E-state index in [0.717, 1.165) is 38.2 Å². The molecule has 1 fully saturated rings. The zero-order chi connectivity index (χ0) is 20.0. The summed E-state index contributed by atoms with van der Waals surface area (Å²) in [6.45, 7) is 6.75. The van der Waals surface area contributed by atoms with Gasteiger partial charge in [-0.1, -0.05) is 17.7 Å². The Kier molecular flexibility index (Phi) is 6.70. The molecular weight excluding hydrogens is 352 g/mol. The number of allylic oxidation sites excluding steroid dienone is 1. The third kappa shape index (κ3) is 4.91. The molecule has 6 nitrogen and oxygen atoms in total. The van der Waals surface area contributed by atoms with Crippen LogP contribution in [0.1, 0.15) is 46.0 Å². The van der Waals surface area contributed by atoms with Gasteiger partial charge in [-0.2, -0.15) is 0 Å². The fourth-order valence-electron chi connectivity index (χ4n) is 3.86. The Bertz CT molecular complexity index is 707. The lowest BCUT2D eigenvalue weighted by molar-refractivity contribution is -0.148. The van der Waals surface area contributed by atoms with E-state index in [9.17, 15) is 9.59 Å². The van der Waals surface area contributed by atoms with Gasteiger partial charge < -0.3 is 15.1 Å². The first-order chi connectivity index (χ1) is 13.5. The maximum Gasteiger partial charge on any atom is 0.237 e. The molecule has 0 spiro atoms. The van der Waals surface area contributed by atoms with Crippen molar-refractivity contribution in [2.24, 2.45) is 5.41 Å². The average Bonchev–Trinajstić information content (AvgIpc) is 2.74. The van der Waals surface area contributed by atoms with Crippen molar-refractivity contribution in [1.82, 2.24) is 15.2 Å². The maximum atomic E-state index is 13.0. The van der Waals surface area contributed by atoms with Gasteiger partial charge in [-0.3, -0.25) is 9.59 Å². The molecule has 152 valence electrons. The van der Waals surface area contributed by atoms with Crippen LogP contribution in [0.5, 0.6) is 0 Å². The maximum absolute atomic E-state index is 13.0. The van der Waals surface area contributed by atoms with Gasteiger partial charge in [0, 0.05) is 38.9 Å².